The number of nitrogens with zero attached hydrogens (tertiary/aromatic N) is 4. The first-order valence-corrected chi connectivity index (χ1v) is 9.06. The fourth-order valence-corrected chi connectivity index (χ4v) is 3.44. The van der Waals surface area contributed by atoms with Crippen molar-refractivity contribution in [2.24, 2.45) is 0 Å². The van der Waals surface area contributed by atoms with Gasteiger partial charge in [0.05, 0.1) is 22.0 Å². The largest absolute Gasteiger partial charge is 0.334 e. The van der Waals surface area contributed by atoms with Gasteiger partial charge in [-0.1, -0.05) is 46.7 Å². The van der Waals surface area contributed by atoms with Crippen molar-refractivity contribution in [3.05, 3.63) is 77.6 Å². The maximum absolute atomic E-state index is 13.5. The van der Waals surface area contributed by atoms with Crippen LogP contribution < -0.4 is 0 Å². The van der Waals surface area contributed by atoms with Crippen LogP contribution in [0.4, 0.5) is 4.39 Å². The number of imidazole rings is 1. The van der Waals surface area contributed by atoms with Gasteiger partial charge >= 0.3 is 0 Å². The van der Waals surface area contributed by atoms with Crippen molar-refractivity contribution in [2.45, 2.75) is 10.9 Å². The summed E-state index contributed by atoms with van der Waals surface area (Å²) in [4.78, 5) is 8.69. The molecule has 5 nitrogen and oxygen atoms in total. The minimum absolute atomic E-state index is 0.297. The summed E-state index contributed by atoms with van der Waals surface area (Å²) >= 11 is 7.58. The average Bonchev–Trinajstić information content (AvgIpc) is 3.30. The zero-order chi connectivity index (χ0) is 17.9. The van der Waals surface area contributed by atoms with E-state index in [4.69, 9.17) is 16.1 Å². The van der Waals surface area contributed by atoms with Crippen molar-refractivity contribution in [1.82, 2.24) is 19.7 Å². The van der Waals surface area contributed by atoms with Crippen molar-refractivity contribution in [1.29, 1.82) is 0 Å². The second kappa shape index (κ2) is 7.31. The van der Waals surface area contributed by atoms with E-state index in [1.165, 1.54) is 23.9 Å². The molecule has 130 valence electrons. The van der Waals surface area contributed by atoms with Crippen LogP contribution in [-0.2, 0) is 5.75 Å². The normalized spacial score (nSPS) is 11.0. The van der Waals surface area contributed by atoms with Gasteiger partial charge in [0, 0.05) is 12.4 Å². The average molecular weight is 387 g/mol. The van der Waals surface area contributed by atoms with Gasteiger partial charge in [-0.05, 0) is 30.3 Å². The molecule has 2 aromatic heterocycles. The lowest BCUT2D eigenvalue weighted by molar-refractivity contribution is 0.425. The molecule has 2 aromatic carbocycles. The number of halogens is 2. The Morgan fingerprint density at radius 2 is 2.04 bits per heavy atom. The summed E-state index contributed by atoms with van der Waals surface area (Å²) in [5.74, 6) is 1.06. The molecule has 0 aliphatic rings. The molecule has 0 spiro atoms. The lowest BCUT2D eigenvalue weighted by Crippen LogP contribution is -1.96. The van der Waals surface area contributed by atoms with Crippen molar-refractivity contribution < 1.29 is 8.91 Å². The van der Waals surface area contributed by atoms with Gasteiger partial charge in [-0.25, -0.2) is 9.37 Å². The molecule has 0 aliphatic heterocycles. The van der Waals surface area contributed by atoms with Gasteiger partial charge in [-0.3, -0.25) is 4.57 Å². The summed E-state index contributed by atoms with van der Waals surface area (Å²) < 4.78 is 20.6. The van der Waals surface area contributed by atoms with Crippen LogP contribution in [-0.4, -0.2) is 19.7 Å². The van der Waals surface area contributed by atoms with Crippen LogP contribution in [0.2, 0.25) is 5.02 Å². The Hall–Kier alpha value is -2.64. The Morgan fingerprint density at radius 3 is 2.88 bits per heavy atom. The van der Waals surface area contributed by atoms with Crippen LogP contribution in [0.3, 0.4) is 0 Å². The van der Waals surface area contributed by atoms with Crippen LogP contribution in [0.15, 0.2) is 70.6 Å². The van der Waals surface area contributed by atoms with Crippen LogP contribution >= 0.6 is 23.4 Å². The van der Waals surface area contributed by atoms with E-state index < -0.39 is 0 Å². The number of rotatable bonds is 5. The summed E-state index contributed by atoms with van der Waals surface area (Å²) in [6.07, 6.45) is 3.45. The molecule has 4 aromatic rings. The Morgan fingerprint density at radius 1 is 1.15 bits per heavy atom. The van der Waals surface area contributed by atoms with Crippen molar-refractivity contribution >= 4 is 23.4 Å². The van der Waals surface area contributed by atoms with Crippen molar-refractivity contribution in [3.63, 3.8) is 0 Å². The quantitative estimate of drug-likeness (QED) is 0.451. The molecule has 0 N–H and O–H groups in total. The number of hydrogen-bond donors (Lipinski definition) is 0. The predicted octanol–water partition coefficient (Wildman–Crippen LogP) is 5.01. The Labute approximate surface area is 157 Å². The molecule has 0 unspecified atom stereocenters. The minimum atomic E-state index is -0.297. The molecule has 0 saturated heterocycles. The molecular weight excluding hydrogens is 375 g/mol. The zero-order valence-electron chi connectivity index (χ0n) is 13.3. The topological polar surface area (TPSA) is 56.7 Å². The second-order valence-corrected chi connectivity index (χ2v) is 6.69. The Balaban J connectivity index is 1.51. The van der Waals surface area contributed by atoms with Gasteiger partial charge in [-0.2, -0.15) is 4.98 Å². The van der Waals surface area contributed by atoms with Gasteiger partial charge in [0.2, 0.25) is 0 Å². The van der Waals surface area contributed by atoms with Gasteiger partial charge in [0.25, 0.3) is 5.89 Å². The van der Waals surface area contributed by atoms with E-state index in [0.717, 1.165) is 0 Å². The number of thioether (sulfide) groups is 1. The number of benzene rings is 2. The molecule has 8 heteroatoms. The maximum atomic E-state index is 13.5. The zero-order valence-corrected chi connectivity index (χ0v) is 14.9. The fourth-order valence-electron chi connectivity index (χ4n) is 2.40. The standard InChI is InChI=1S/C18H12ClFN4OS/c19-15-7-2-1-6-14(15)17-22-16(23-25-17)11-26-18-21-8-9-24(18)13-5-3-4-12(20)10-13/h1-10H,11H2. The van der Waals surface area contributed by atoms with E-state index in [9.17, 15) is 4.39 Å². The third-order valence-corrected chi connectivity index (χ3v) is 4.89. The fraction of sp³-hybridized carbons (Fsp3) is 0.0556. The molecule has 0 saturated carbocycles. The van der Waals surface area contributed by atoms with Gasteiger partial charge in [0.15, 0.2) is 11.0 Å². The monoisotopic (exact) mass is 386 g/mol. The molecule has 0 radical (unpaired) electrons. The number of hydrogen-bond acceptors (Lipinski definition) is 5. The molecule has 4 rings (SSSR count). The van der Waals surface area contributed by atoms with E-state index in [1.54, 1.807) is 24.5 Å². The highest BCUT2D eigenvalue weighted by Gasteiger charge is 2.13. The summed E-state index contributed by atoms with van der Waals surface area (Å²) in [5.41, 5.74) is 1.40. The SMILES string of the molecule is Fc1cccc(-n2ccnc2SCc2noc(-c3ccccc3Cl)n2)c1. The van der Waals surface area contributed by atoms with Gasteiger partial charge < -0.3 is 4.52 Å². The van der Waals surface area contributed by atoms with Gasteiger partial charge in [-0.15, -0.1) is 0 Å². The first-order chi connectivity index (χ1) is 12.7. The van der Waals surface area contributed by atoms with Crippen LogP contribution in [0, 0.1) is 5.82 Å². The lowest BCUT2D eigenvalue weighted by atomic mass is 10.2. The van der Waals surface area contributed by atoms with E-state index in [0.29, 0.717) is 38.9 Å². The molecule has 0 atom stereocenters. The summed E-state index contributed by atoms with van der Waals surface area (Å²) in [5, 5.41) is 5.25. The highest BCUT2D eigenvalue weighted by molar-refractivity contribution is 7.98. The van der Waals surface area contributed by atoms with E-state index in [-0.39, 0.29) is 5.82 Å². The molecule has 0 aliphatic carbocycles. The summed E-state index contributed by atoms with van der Waals surface area (Å²) in [6, 6.07) is 13.6. The molecule has 0 fully saturated rings. The highest BCUT2D eigenvalue weighted by Crippen LogP contribution is 2.28. The summed E-state index contributed by atoms with van der Waals surface area (Å²) in [7, 11) is 0. The maximum Gasteiger partial charge on any atom is 0.259 e. The van der Waals surface area contributed by atoms with Crippen LogP contribution in [0.5, 0.6) is 0 Å². The van der Waals surface area contributed by atoms with Gasteiger partial charge in [0.1, 0.15) is 5.82 Å². The van der Waals surface area contributed by atoms with Crippen LogP contribution in [0.1, 0.15) is 5.82 Å². The second-order valence-electron chi connectivity index (χ2n) is 5.34. The molecule has 2 heterocycles. The Kier molecular flexibility index (Phi) is 4.73. The lowest BCUT2D eigenvalue weighted by Gasteiger charge is -2.06. The highest BCUT2D eigenvalue weighted by atomic mass is 35.5. The van der Waals surface area contributed by atoms with E-state index in [1.807, 2.05) is 28.8 Å². The van der Waals surface area contributed by atoms with E-state index in [2.05, 4.69) is 15.1 Å². The molecule has 26 heavy (non-hydrogen) atoms. The van der Waals surface area contributed by atoms with Crippen molar-refractivity contribution in [2.75, 3.05) is 0 Å². The van der Waals surface area contributed by atoms with Crippen LogP contribution in [0.25, 0.3) is 17.1 Å². The van der Waals surface area contributed by atoms with E-state index >= 15 is 0 Å². The first kappa shape index (κ1) is 16.8. The van der Waals surface area contributed by atoms with Crippen molar-refractivity contribution in [3.8, 4) is 17.1 Å². The molecular formula is C18H12ClFN4OS. The number of aromatic nitrogens is 4. The third-order valence-electron chi connectivity index (χ3n) is 3.60. The minimum Gasteiger partial charge on any atom is -0.334 e. The first-order valence-electron chi connectivity index (χ1n) is 7.70. The molecule has 0 amide bonds. The predicted molar refractivity (Wildman–Crippen MR) is 97.8 cm³/mol. The smallest absolute Gasteiger partial charge is 0.259 e. The molecule has 0 bridgehead atoms. The Bertz CT molecular complexity index is 1050. The third kappa shape index (κ3) is 3.49. The summed E-state index contributed by atoms with van der Waals surface area (Å²) in [6.45, 7) is 0.